The molecule has 0 radical (unpaired) electrons. The van der Waals surface area contributed by atoms with E-state index in [1.807, 2.05) is 18.2 Å². The lowest BCUT2D eigenvalue weighted by atomic mass is 10.2. The summed E-state index contributed by atoms with van der Waals surface area (Å²) in [6, 6.07) is 11.6. The SMILES string of the molecule is COc1ccc2c(c1)S(=N)C(c1ccc(F)cc1)=N2. The lowest BCUT2D eigenvalue weighted by Gasteiger charge is -2.04. The van der Waals surface area contributed by atoms with Gasteiger partial charge in [0.2, 0.25) is 0 Å². The Kier molecular flexibility index (Phi) is 2.91. The van der Waals surface area contributed by atoms with Crippen molar-refractivity contribution in [1.29, 1.82) is 4.78 Å². The zero-order chi connectivity index (χ0) is 13.4. The van der Waals surface area contributed by atoms with Crippen molar-refractivity contribution in [2.75, 3.05) is 7.11 Å². The number of halogens is 1. The molecule has 1 aliphatic rings. The fourth-order valence-corrected chi connectivity index (χ4v) is 3.24. The van der Waals surface area contributed by atoms with Crippen LogP contribution in [0.3, 0.4) is 0 Å². The fourth-order valence-electron chi connectivity index (χ4n) is 1.91. The molecule has 2 aromatic rings. The smallest absolute Gasteiger partial charge is 0.123 e. The molecule has 96 valence electrons. The number of hydrogen-bond donors (Lipinski definition) is 1. The molecule has 0 saturated carbocycles. The van der Waals surface area contributed by atoms with Gasteiger partial charge in [-0.2, -0.15) is 0 Å². The van der Waals surface area contributed by atoms with Crippen molar-refractivity contribution in [2.24, 2.45) is 4.99 Å². The van der Waals surface area contributed by atoms with Crippen LogP contribution in [0.2, 0.25) is 0 Å². The number of nitrogens with zero attached hydrogens (tertiary/aromatic N) is 1. The number of aliphatic imine (C=N–C) groups is 1. The van der Waals surface area contributed by atoms with Crippen LogP contribution in [0.15, 0.2) is 52.4 Å². The molecular formula is C14H11FN2OS. The molecule has 3 nitrogen and oxygen atoms in total. The number of fused-ring (bicyclic) bond motifs is 1. The van der Waals surface area contributed by atoms with Crippen molar-refractivity contribution in [3.8, 4) is 5.75 Å². The minimum atomic E-state index is -0.857. The third-order valence-electron chi connectivity index (χ3n) is 2.89. The van der Waals surface area contributed by atoms with Gasteiger partial charge < -0.3 is 4.74 Å². The first-order valence-electron chi connectivity index (χ1n) is 5.67. The zero-order valence-corrected chi connectivity index (χ0v) is 11.0. The quantitative estimate of drug-likeness (QED) is 0.892. The van der Waals surface area contributed by atoms with Gasteiger partial charge in [-0.1, -0.05) is 0 Å². The first-order valence-corrected chi connectivity index (χ1v) is 6.90. The topological polar surface area (TPSA) is 45.4 Å². The van der Waals surface area contributed by atoms with Gasteiger partial charge in [0.05, 0.1) is 17.7 Å². The summed E-state index contributed by atoms with van der Waals surface area (Å²) in [4.78, 5) is 5.32. The minimum Gasteiger partial charge on any atom is -0.497 e. The average Bonchev–Trinajstić information content (AvgIpc) is 2.76. The summed E-state index contributed by atoms with van der Waals surface area (Å²) < 4.78 is 26.4. The van der Waals surface area contributed by atoms with E-state index in [9.17, 15) is 4.39 Å². The number of ether oxygens (including phenoxy) is 1. The van der Waals surface area contributed by atoms with Crippen molar-refractivity contribution >= 4 is 21.4 Å². The van der Waals surface area contributed by atoms with Gasteiger partial charge in [0, 0.05) is 5.56 Å². The maximum Gasteiger partial charge on any atom is 0.123 e. The standard InChI is InChI=1S/C14H11FN2OS/c1-18-11-6-7-12-13(8-11)19(16)14(17-12)9-2-4-10(15)5-3-9/h2-8,16H,1H3. The van der Waals surface area contributed by atoms with Gasteiger partial charge in [0.1, 0.15) is 16.6 Å². The van der Waals surface area contributed by atoms with Crippen molar-refractivity contribution in [3.05, 3.63) is 53.8 Å². The first-order chi connectivity index (χ1) is 9.19. The number of hydrogen-bond acceptors (Lipinski definition) is 3. The van der Waals surface area contributed by atoms with Gasteiger partial charge in [-0.05, 0) is 53.2 Å². The highest BCUT2D eigenvalue weighted by Gasteiger charge is 2.21. The van der Waals surface area contributed by atoms with Gasteiger partial charge in [-0.25, -0.2) is 9.38 Å². The Morgan fingerprint density at radius 3 is 2.58 bits per heavy atom. The molecule has 5 heteroatoms. The van der Waals surface area contributed by atoms with E-state index in [-0.39, 0.29) is 5.82 Å². The van der Waals surface area contributed by atoms with E-state index in [1.165, 1.54) is 12.1 Å². The first kappa shape index (κ1) is 12.0. The van der Waals surface area contributed by atoms with E-state index in [1.54, 1.807) is 19.2 Å². The second kappa shape index (κ2) is 4.59. The van der Waals surface area contributed by atoms with Crippen molar-refractivity contribution in [2.45, 2.75) is 4.90 Å². The second-order valence-corrected chi connectivity index (χ2v) is 5.50. The van der Waals surface area contributed by atoms with E-state index in [0.717, 1.165) is 21.9 Å². The maximum absolute atomic E-state index is 12.9. The third-order valence-corrected chi connectivity index (χ3v) is 4.37. The minimum absolute atomic E-state index is 0.286. The molecule has 0 amide bonds. The predicted octanol–water partition coefficient (Wildman–Crippen LogP) is 3.67. The molecule has 1 heterocycles. The van der Waals surface area contributed by atoms with Gasteiger partial charge in [-0.3, -0.25) is 4.78 Å². The molecule has 1 unspecified atom stereocenters. The van der Waals surface area contributed by atoms with E-state index >= 15 is 0 Å². The predicted molar refractivity (Wildman–Crippen MR) is 73.9 cm³/mol. The van der Waals surface area contributed by atoms with Crippen LogP contribution < -0.4 is 4.74 Å². The van der Waals surface area contributed by atoms with Crippen molar-refractivity contribution in [1.82, 2.24) is 0 Å². The van der Waals surface area contributed by atoms with Crippen LogP contribution in [0.25, 0.3) is 0 Å². The van der Waals surface area contributed by atoms with Crippen LogP contribution in [0.4, 0.5) is 10.1 Å². The molecule has 0 aromatic heterocycles. The normalized spacial score (nSPS) is 16.9. The average molecular weight is 274 g/mol. The Bertz CT molecular complexity index is 695. The molecule has 0 fully saturated rings. The van der Waals surface area contributed by atoms with Gasteiger partial charge in [0.15, 0.2) is 0 Å². The summed E-state index contributed by atoms with van der Waals surface area (Å²) in [6.07, 6.45) is 0. The Balaban J connectivity index is 2.04. The molecule has 3 rings (SSSR count). The van der Waals surface area contributed by atoms with Crippen LogP contribution in [0.5, 0.6) is 5.75 Å². The largest absolute Gasteiger partial charge is 0.497 e. The summed E-state index contributed by atoms with van der Waals surface area (Å²) in [5.41, 5.74) is 1.58. The van der Waals surface area contributed by atoms with Crippen LogP contribution in [-0.2, 0) is 10.7 Å². The van der Waals surface area contributed by atoms with Crippen LogP contribution >= 0.6 is 0 Å². The zero-order valence-electron chi connectivity index (χ0n) is 10.2. The van der Waals surface area contributed by atoms with E-state index < -0.39 is 10.7 Å². The van der Waals surface area contributed by atoms with E-state index in [2.05, 4.69) is 4.99 Å². The molecule has 1 N–H and O–H groups in total. The molecular weight excluding hydrogens is 263 g/mol. The third kappa shape index (κ3) is 2.06. The fraction of sp³-hybridized carbons (Fsp3) is 0.0714. The monoisotopic (exact) mass is 274 g/mol. The molecule has 19 heavy (non-hydrogen) atoms. The summed E-state index contributed by atoms with van der Waals surface area (Å²) in [7, 11) is 0.740. The summed E-state index contributed by atoms with van der Waals surface area (Å²) in [5, 5.41) is 0.670. The number of benzene rings is 2. The molecule has 0 spiro atoms. The van der Waals surface area contributed by atoms with Crippen molar-refractivity contribution < 1.29 is 9.13 Å². The molecule has 0 saturated heterocycles. The lowest BCUT2D eigenvalue weighted by molar-refractivity contribution is 0.414. The number of nitrogens with one attached hydrogen (secondary N) is 1. The number of methoxy groups -OCH3 is 1. The Hall–Kier alpha value is -2.01. The Morgan fingerprint density at radius 2 is 1.89 bits per heavy atom. The number of rotatable bonds is 2. The molecule has 0 bridgehead atoms. The van der Waals surface area contributed by atoms with E-state index in [4.69, 9.17) is 9.52 Å². The van der Waals surface area contributed by atoms with E-state index in [0.29, 0.717) is 5.04 Å². The summed E-state index contributed by atoms with van der Waals surface area (Å²) in [6.45, 7) is 0. The summed E-state index contributed by atoms with van der Waals surface area (Å²) in [5.74, 6) is 0.436. The highest BCUT2D eigenvalue weighted by Crippen LogP contribution is 2.35. The maximum atomic E-state index is 12.9. The molecule has 1 atom stereocenters. The van der Waals surface area contributed by atoms with Crippen LogP contribution in [-0.4, -0.2) is 12.2 Å². The van der Waals surface area contributed by atoms with Crippen LogP contribution in [0, 0.1) is 10.6 Å². The lowest BCUT2D eigenvalue weighted by Crippen LogP contribution is -2.03. The molecule has 0 aliphatic carbocycles. The molecule has 2 aromatic carbocycles. The highest BCUT2D eigenvalue weighted by molar-refractivity contribution is 8.02. The molecule has 1 aliphatic heterocycles. The van der Waals surface area contributed by atoms with Gasteiger partial charge >= 0.3 is 0 Å². The second-order valence-electron chi connectivity index (χ2n) is 4.06. The highest BCUT2D eigenvalue weighted by atomic mass is 32.2. The van der Waals surface area contributed by atoms with Crippen molar-refractivity contribution in [3.63, 3.8) is 0 Å². The van der Waals surface area contributed by atoms with Gasteiger partial charge in [0.25, 0.3) is 0 Å². The van der Waals surface area contributed by atoms with Crippen LogP contribution in [0.1, 0.15) is 5.56 Å². The summed E-state index contributed by atoms with van der Waals surface area (Å²) >= 11 is 0. The Labute approximate surface area is 112 Å². The van der Waals surface area contributed by atoms with Gasteiger partial charge in [-0.15, -0.1) is 0 Å². The Morgan fingerprint density at radius 1 is 1.16 bits per heavy atom.